The molecule has 1 heterocycles. The lowest BCUT2D eigenvalue weighted by Crippen LogP contribution is -1.93. The second-order valence-electron chi connectivity index (χ2n) is 3.12. The van der Waals surface area contributed by atoms with Crippen LogP contribution in [-0.2, 0) is 0 Å². The fourth-order valence-corrected chi connectivity index (χ4v) is 2.37. The Morgan fingerprint density at radius 3 is 2.69 bits per heavy atom. The highest BCUT2D eigenvalue weighted by Gasteiger charge is 2.15. The molecule has 16 heavy (non-hydrogen) atoms. The maximum absolute atomic E-state index is 6.07. The van der Waals surface area contributed by atoms with E-state index in [9.17, 15) is 0 Å². The van der Waals surface area contributed by atoms with Gasteiger partial charge in [-0.25, -0.2) is 4.98 Å². The average Bonchev–Trinajstić information content (AvgIpc) is 2.29. The van der Waals surface area contributed by atoms with E-state index in [1.54, 1.807) is 20.4 Å². The second kappa shape index (κ2) is 4.47. The lowest BCUT2D eigenvalue weighted by Gasteiger charge is -2.12. The minimum absolute atomic E-state index is 0.397. The molecule has 2 rings (SSSR count). The lowest BCUT2D eigenvalue weighted by molar-refractivity contribution is 0.358. The van der Waals surface area contributed by atoms with Gasteiger partial charge < -0.3 is 9.47 Å². The maximum Gasteiger partial charge on any atom is 0.171 e. The van der Waals surface area contributed by atoms with Gasteiger partial charge in [0, 0.05) is 16.1 Å². The molecule has 3 nitrogen and oxygen atoms in total. The van der Waals surface area contributed by atoms with Crippen molar-refractivity contribution in [1.29, 1.82) is 0 Å². The van der Waals surface area contributed by atoms with Crippen LogP contribution in [-0.4, -0.2) is 19.2 Å². The van der Waals surface area contributed by atoms with Gasteiger partial charge in [-0.1, -0.05) is 27.5 Å². The summed E-state index contributed by atoms with van der Waals surface area (Å²) in [5.74, 6) is 1.22. The molecular formula is C11H9BrClNO2. The van der Waals surface area contributed by atoms with Gasteiger partial charge in [0.25, 0.3) is 0 Å². The molecule has 0 unspecified atom stereocenters. The van der Waals surface area contributed by atoms with Crippen molar-refractivity contribution in [3.05, 3.63) is 28.0 Å². The van der Waals surface area contributed by atoms with Gasteiger partial charge in [-0.05, 0) is 12.1 Å². The van der Waals surface area contributed by atoms with Crippen LogP contribution in [0.1, 0.15) is 0 Å². The summed E-state index contributed by atoms with van der Waals surface area (Å²) in [6, 6.07) is 3.71. The molecule has 0 aliphatic carbocycles. The Bertz CT molecular complexity index is 545. The standard InChI is InChI=1S/C11H9BrClNO2/c1-15-8-5-7(12)6-3-4-14-11(13)9(6)10(8)16-2/h3-5H,1-2H3. The lowest BCUT2D eigenvalue weighted by atomic mass is 10.1. The molecule has 0 aliphatic rings. The summed E-state index contributed by atoms with van der Waals surface area (Å²) in [6.45, 7) is 0. The van der Waals surface area contributed by atoms with Crippen LogP contribution in [0.3, 0.4) is 0 Å². The van der Waals surface area contributed by atoms with Gasteiger partial charge in [0.2, 0.25) is 0 Å². The number of benzene rings is 1. The SMILES string of the molecule is COc1cc(Br)c2ccnc(Cl)c2c1OC. The number of hydrogen-bond acceptors (Lipinski definition) is 3. The summed E-state index contributed by atoms with van der Waals surface area (Å²) < 4.78 is 11.4. The Hall–Kier alpha value is -1.00. The number of hydrogen-bond donors (Lipinski definition) is 0. The predicted molar refractivity (Wildman–Crippen MR) is 67.6 cm³/mol. The number of nitrogens with zero attached hydrogens (tertiary/aromatic N) is 1. The molecule has 1 aromatic carbocycles. The third-order valence-corrected chi connectivity index (χ3v) is 3.24. The number of pyridine rings is 1. The number of methoxy groups -OCH3 is 2. The largest absolute Gasteiger partial charge is 0.493 e. The Morgan fingerprint density at radius 1 is 1.31 bits per heavy atom. The van der Waals surface area contributed by atoms with E-state index in [1.807, 2.05) is 12.1 Å². The first-order valence-electron chi connectivity index (χ1n) is 4.53. The molecule has 0 fully saturated rings. The Balaban J connectivity index is 2.93. The van der Waals surface area contributed by atoms with E-state index in [1.165, 1.54) is 0 Å². The van der Waals surface area contributed by atoms with E-state index in [0.717, 1.165) is 15.2 Å². The highest BCUT2D eigenvalue weighted by atomic mass is 79.9. The molecule has 84 valence electrons. The molecule has 0 spiro atoms. The van der Waals surface area contributed by atoms with Crippen LogP contribution in [0, 0.1) is 0 Å². The first-order valence-corrected chi connectivity index (χ1v) is 5.70. The summed E-state index contributed by atoms with van der Waals surface area (Å²) in [7, 11) is 3.16. The quantitative estimate of drug-likeness (QED) is 0.793. The monoisotopic (exact) mass is 301 g/mol. The molecule has 5 heteroatoms. The van der Waals surface area contributed by atoms with Crippen LogP contribution in [0.5, 0.6) is 11.5 Å². The normalized spacial score (nSPS) is 10.5. The average molecular weight is 303 g/mol. The van der Waals surface area contributed by atoms with Crippen LogP contribution in [0.15, 0.2) is 22.8 Å². The van der Waals surface area contributed by atoms with Crippen molar-refractivity contribution in [2.45, 2.75) is 0 Å². The summed E-state index contributed by atoms with van der Waals surface area (Å²) in [6.07, 6.45) is 1.65. The smallest absolute Gasteiger partial charge is 0.171 e. The number of ether oxygens (including phenoxy) is 2. The summed E-state index contributed by atoms with van der Waals surface area (Å²) in [5.41, 5.74) is 0. The van der Waals surface area contributed by atoms with E-state index in [0.29, 0.717) is 16.7 Å². The summed E-state index contributed by atoms with van der Waals surface area (Å²) >= 11 is 9.54. The minimum atomic E-state index is 0.397. The summed E-state index contributed by atoms with van der Waals surface area (Å²) in [5, 5.41) is 2.09. The zero-order valence-corrected chi connectivity index (χ0v) is 11.1. The van der Waals surface area contributed by atoms with Crippen LogP contribution in [0.2, 0.25) is 5.15 Å². The number of rotatable bonds is 2. The van der Waals surface area contributed by atoms with Gasteiger partial charge in [-0.15, -0.1) is 0 Å². The van der Waals surface area contributed by atoms with Crippen molar-refractivity contribution in [1.82, 2.24) is 4.98 Å². The topological polar surface area (TPSA) is 31.4 Å². The third kappa shape index (κ3) is 1.72. The molecule has 0 bridgehead atoms. The van der Waals surface area contributed by atoms with Gasteiger partial charge in [0.1, 0.15) is 5.15 Å². The zero-order valence-electron chi connectivity index (χ0n) is 8.75. The molecule has 1 aromatic heterocycles. The van der Waals surface area contributed by atoms with E-state index in [2.05, 4.69) is 20.9 Å². The maximum atomic E-state index is 6.07. The van der Waals surface area contributed by atoms with Crippen molar-refractivity contribution in [2.24, 2.45) is 0 Å². The van der Waals surface area contributed by atoms with E-state index in [-0.39, 0.29) is 0 Å². The highest BCUT2D eigenvalue weighted by molar-refractivity contribution is 9.10. The predicted octanol–water partition coefficient (Wildman–Crippen LogP) is 3.67. The van der Waals surface area contributed by atoms with Gasteiger partial charge in [-0.2, -0.15) is 0 Å². The van der Waals surface area contributed by atoms with Crippen LogP contribution in [0.25, 0.3) is 10.8 Å². The fraction of sp³-hybridized carbons (Fsp3) is 0.182. The van der Waals surface area contributed by atoms with E-state index < -0.39 is 0 Å². The number of aromatic nitrogens is 1. The molecule has 0 aliphatic heterocycles. The Labute approximate surface area is 106 Å². The van der Waals surface area contributed by atoms with Crippen molar-refractivity contribution in [3.8, 4) is 11.5 Å². The molecule has 0 amide bonds. The molecule has 0 saturated heterocycles. The molecule has 2 aromatic rings. The van der Waals surface area contributed by atoms with E-state index in [4.69, 9.17) is 21.1 Å². The second-order valence-corrected chi connectivity index (χ2v) is 4.33. The Morgan fingerprint density at radius 2 is 2.06 bits per heavy atom. The third-order valence-electron chi connectivity index (χ3n) is 2.29. The van der Waals surface area contributed by atoms with Crippen LogP contribution >= 0.6 is 27.5 Å². The van der Waals surface area contributed by atoms with Gasteiger partial charge in [-0.3, -0.25) is 0 Å². The molecule has 0 radical (unpaired) electrons. The molecule has 0 N–H and O–H groups in total. The fourth-order valence-electron chi connectivity index (χ4n) is 1.59. The zero-order chi connectivity index (χ0) is 11.7. The van der Waals surface area contributed by atoms with E-state index >= 15 is 0 Å². The van der Waals surface area contributed by atoms with Crippen molar-refractivity contribution < 1.29 is 9.47 Å². The van der Waals surface area contributed by atoms with Gasteiger partial charge in [0.05, 0.1) is 19.6 Å². The van der Waals surface area contributed by atoms with Crippen molar-refractivity contribution >= 4 is 38.3 Å². The Kier molecular flexibility index (Phi) is 3.21. The first-order chi connectivity index (χ1) is 7.69. The molecular weight excluding hydrogens is 293 g/mol. The molecule has 0 atom stereocenters. The highest BCUT2D eigenvalue weighted by Crippen LogP contribution is 2.42. The number of fused-ring (bicyclic) bond motifs is 1. The number of halogens is 2. The molecule has 0 saturated carbocycles. The first kappa shape index (κ1) is 11.5. The van der Waals surface area contributed by atoms with Crippen LogP contribution < -0.4 is 9.47 Å². The van der Waals surface area contributed by atoms with Crippen molar-refractivity contribution in [2.75, 3.05) is 14.2 Å². The van der Waals surface area contributed by atoms with Gasteiger partial charge in [0.15, 0.2) is 11.5 Å². The van der Waals surface area contributed by atoms with Gasteiger partial charge >= 0.3 is 0 Å². The minimum Gasteiger partial charge on any atom is -0.493 e. The van der Waals surface area contributed by atoms with Crippen molar-refractivity contribution in [3.63, 3.8) is 0 Å². The summed E-state index contributed by atoms with van der Waals surface area (Å²) in [4.78, 5) is 4.04. The van der Waals surface area contributed by atoms with Crippen LogP contribution in [0.4, 0.5) is 0 Å².